The second kappa shape index (κ2) is 11.4. The molecule has 2 amide bonds. The van der Waals surface area contributed by atoms with E-state index >= 15 is 0 Å². The van der Waals surface area contributed by atoms with Gasteiger partial charge in [0.25, 0.3) is 5.91 Å². The van der Waals surface area contributed by atoms with E-state index in [1.807, 2.05) is 30.3 Å². The van der Waals surface area contributed by atoms with Crippen molar-refractivity contribution in [2.75, 3.05) is 33.4 Å². The number of carbonyl (C=O) groups is 2. The number of halogens is 1. The van der Waals surface area contributed by atoms with Gasteiger partial charge in [-0.3, -0.25) is 14.4 Å². The van der Waals surface area contributed by atoms with E-state index < -0.39 is 5.60 Å². The Labute approximate surface area is 214 Å². The number of hydrogen-bond donors (Lipinski definition) is 0. The lowest BCUT2D eigenvalue weighted by atomic mass is 9.96. The summed E-state index contributed by atoms with van der Waals surface area (Å²) in [4.78, 5) is 41.6. The van der Waals surface area contributed by atoms with Crippen molar-refractivity contribution in [2.24, 2.45) is 7.05 Å². The Morgan fingerprint density at radius 3 is 2.51 bits per heavy atom. The highest BCUT2D eigenvalue weighted by molar-refractivity contribution is 5.94. The summed E-state index contributed by atoms with van der Waals surface area (Å²) in [6.07, 6.45) is 1.48. The van der Waals surface area contributed by atoms with Crippen LogP contribution in [0.5, 0.6) is 5.75 Å². The molecule has 194 valence electrons. The van der Waals surface area contributed by atoms with Crippen molar-refractivity contribution in [1.82, 2.24) is 14.4 Å². The van der Waals surface area contributed by atoms with Crippen molar-refractivity contribution in [1.29, 1.82) is 0 Å². The molecule has 1 aromatic heterocycles. The first-order valence-electron chi connectivity index (χ1n) is 12.0. The number of amides is 2. The molecular weight excluding hydrogens is 477 g/mol. The van der Waals surface area contributed by atoms with Crippen molar-refractivity contribution in [2.45, 2.75) is 18.6 Å². The molecule has 37 heavy (non-hydrogen) atoms. The molecule has 0 bridgehead atoms. The third-order valence-corrected chi connectivity index (χ3v) is 6.35. The van der Waals surface area contributed by atoms with Gasteiger partial charge in [0.1, 0.15) is 23.8 Å². The lowest BCUT2D eigenvalue weighted by Gasteiger charge is -2.42. The Morgan fingerprint density at radius 1 is 1.08 bits per heavy atom. The third-order valence-electron chi connectivity index (χ3n) is 6.35. The summed E-state index contributed by atoms with van der Waals surface area (Å²) in [5.74, 6) is -0.392. The molecule has 0 aliphatic carbocycles. The molecule has 0 radical (unpaired) electrons. The number of benzene rings is 2. The molecule has 1 fully saturated rings. The Bertz CT molecular complexity index is 1300. The van der Waals surface area contributed by atoms with Gasteiger partial charge in [-0.1, -0.05) is 30.3 Å². The fourth-order valence-electron chi connectivity index (χ4n) is 4.27. The maximum absolute atomic E-state index is 13.4. The fourth-order valence-corrected chi connectivity index (χ4v) is 4.27. The van der Waals surface area contributed by atoms with Crippen LogP contribution in [0.1, 0.15) is 22.3 Å². The van der Waals surface area contributed by atoms with Gasteiger partial charge in [0.2, 0.25) is 11.5 Å². The third kappa shape index (κ3) is 6.62. The first kappa shape index (κ1) is 26.1. The molecule has 0 saturated carbocycles. The van der Waals surface area contributed by atoms with Gasteiger partial charge in [-0.2, -0.15) is 0 Å². The van der Waals surface area contributed by atoms with Gasteiger partial charge in [-0.05, 0) is 35.9 Å². The quantitative estimate of drug-likeness (QED) is 0.469. The molecule has 1 aliphatic rings. The number of ether oxygens (including phenoxy) is 2. The maximum Gasteiger partial charge on any atom is 0.255 e. The number of aryl methyl sites for hydroxylation is 1. The van der Waals surface area contributed by atoms with E-state index in [0.29, 0.717) is 24.4 Å². The number of aromatic nitrogens is 1. The van der Waals surface area contributed by atoms with Crippen LogP contribution in [0.2, 0.25) is 0 Å². The highest BCUT2D eigenvalue weighted by atomic mass is 19.1. The number of nitrogens with zero attached hydrogens (tertiary/aromatic N) is 3. The molecule has 9 heteroatoms. The molecule has 1 saturated heterocycles. The number of pyridine rings is 1. The van der Waals surface area contributed by atoms with Crippen molar-refractivity contribution in [3.05, 3.63) is 100 Å². The molecule has 1 aliphatic heterocycles. The van der Waals surface area contributed by atoms with Crippen LogP contribution in [0.25, 0.3) is 0 Å². The number of carbonyl (C=O) groups excluding carboxylic acids is 2. The average Bonchev–Trinajstić information content (AvgIpc) is 2.90. The summed E-state index contributed by atoms with van der Waals surface area (Å²) in [6, 6.07) is 18.1. The lowest BCUT2D eigenvalue weighted by Crippen LogP contribution is -2.58. The van der Waals surface area contributed by atoms with Crippen LogP contribution in [0.15, 0.2) is 77.7 Å². The number of rotatable bonds is 8. The first-order chi connectivity index (χ1) is 17.7. The summed E-state index contributed by atoms with van der Waals surface area (Å²) in [7, 11) is 3.31. The van der Waals surface area contributed by atoms with E-state index in [4.69, 9.17) is 9.47 Å². The molecule has 2 heterocycles. The fraction of sp³-hybridized carbons (Fsp3) is 0.321. The predicted octanol–water partition coefficient (Wildman–Crippen LogP) is 2.86. The first-order valence-corrected chi connectivity index (χ1v) is 12.0. The molecular formula is C28H30FN3O5. The van der Waals surface area contributed by atoms with Crippen LogP contribution in [0.4, 0.5) is 4.39 Å². The molecule has 0 spiro atoms. The second-order valence-electron chi connectivity index (χ2n) is 9.28. The topological polar surface area (TPSA) is 81.1 Å². The van der Waals surface area contributed by atoms with Crippen LogP contribution in [0, 0.1) is 5.82 Å². The number of morpholine rings is 1. The summed E-state index contributed by atoms with van der Waals surface area (Å²) >= 11 is 0. The van der Waals surface area contributed by atoms with E-state index in [1.165, 1.54) is 47.2 Å². The second-order valence-corrected chi connectivity index (χ2v) is 9.28. The van der Waals surface area contributed by atoms with Gasteiger partial charge in [0.15, 0.2) is 0 Å². The Morgan fingerprint density at radius 2 is 1.81 bits per heavy atom. The zero-order valence-corrected chi connectivity index (χ0v) is 20.9. The predicted molar refractivity (Wildman–Crippen MR) is 136 cm³/mol. The van der Waals surface area contributed by atoms with Crippen LogP contribution in [-0.2, 0) is 23.1 Å². The van der Waals surface area contributed by atoms with Gasteiger partial charge in [0.05, 0.1) is 25.1 Å². The molecule has 0 N–H and O–H groups in total. The standard InChI is InChI=1S/C28H30FN3O5/c1-30(17-21-6-4-3-5-7-21)26(34)16-28(20-36-24-11-9-23(29)10-12-24)19-32(14-15-37-28)27(35)22-8-13-25(33)31(2)18-22/h3-13,18H,14-17,19-20H2,1-2H3/t28-/m1/s1. The molecule has 1 atom stereocenters. The minimum Gasteiger partial charge on any atom is -0.490 e. The van der Waals surface area contributed by atoms with Crippen molar-refractivity contribution in [3.8, 4) is 5.75 Å². The smallest absolute Gasteiger partial charge is 0.255 e. The van der Waals surface area contributed by atoms with E-state index in [1.54, 1.807) is 23.9 Å². The van der Waals surface area contributed by atoms with Gasteiger partial charge < -0.3 is 23.8 Å². The van der Waals surface area contributed by atoms with Gasteiger partial charge >= 0.3 is 0 Å². The summed E-state index contributed by atoms with van der Waals surface area (Å²) < 4.78 is 26.8. The maximum atomic E-state index is 13.4. The van der Waals surface area contributed by atoms with Crippen LogP contribution in [-0.4, -0.2) is 65.1 Å². The Kier molecular flexibility index (Phi) is 8.03. The minimum absolute atomic E-state index is 0.0133. The summed E-state index contributed by atoms with van der Waals surface area (Å²) in [6.45, 7) is 1.06. The molecule has 0 unspecified atom stereocenters. The zero-order valence-electron chi connectivity index (χ0n) is 20.9. The van der Waals surface area contributed by atoms with Crippen molar-refractivity contribution < 1.29 is 23.5 Å². The SMILES string of the molecule is CN(Cc1ccccc1)C(=O)C[C@]1(COc2ccc(F)cc2)CN(C(=O)c2ccc(=O)n(C)c2)CCO1. The monoisotopic (exact) mass is 507 g/mol. The van der Waals surface area contributed by atoms with Crippen molar-refractivity contribution >= 4 is 11.8 Å². The van der Waals surface area contributed by atoms with Gasteiger partial charge in [0, 0.05) is 39.4 Å². The average molecular weight is 508 g/mol. The zero-order chi connectivity index (χ0) is 26.4. The lowest BCUT2D eigenvalue weighted by molar-refractivity contribution is -0.152. The van der Waals surface area contributed by atoms with E-state index in [2.05, 4.69) is 0 Å². The Hall–Kier alpha value is -3.98. The van der Waals surface area contributed by atoms with Gasteiger partial charge in [-0.15, -0.1) is 0 Å². The molecule has 4 rings (SSSR count). The Balaban J connectivity index is 1.54. The summed E-state index contributed by atoms with van der Waals surface area (Å²) in [5, 5.41) is 0. The van der Waals surface area contributed by atoms with Gasteiger partial charge in [-0.25, -0.2) is 4.39 Å². The van der Waals surface area contributed by atoms with Crippen molar-refractivity contribution in [3.63, 3.8) is 0 Å². The van der Waals surface area contributed by atoms with E-state index in [-0.39, 0.29) is 49.4 Å². The highest BCUT2D eigenvalue weighted by Gasteiger charge is 2.42. The largest absolute Gasteiger partial charge is 0.490 e. The van der Waals surface area contributed by atoms with E-state index in [9.17, 15) is 18.8 Å². The number of hydrogen-bond acceptors (Lipinski definition) is 5. The summed E-state index contributed by atoms with van der Waals surface area (Å²) in [5.41, 5.74) is 0.0221. The highest BCUT2D eigenvalue weighted by Crippen LogP contribution is 2.26. The van der Waals surface area contributed by atoms with Crippen LogP contribution < -0.4 is 10.3 Å². The van der Waals surface area contributed by atoms with E-state index in [0.717, 1.165) is 5.56 Å². The van der Waals surface area contributed by atoms with Crippen LogP contribution in [0.3, 0.4) is 0 Å². The minimum atomic E-state index is -1.12. The van der Waals surface area contributed by atoms with Crippen LogP contribution >= 0.6 is 0 Å². The molecule has 8 nitrogen and oxygen atoms in total. The molecule has 3 aromatic rings. The molecule has 2 aromatic carbocycles. The normalized spacial score (nSPS) is 17.3.